The van der Waals surface area contributed by atoms with Crippen molar-refractivity contribution in [3.05, 3.63) is 71.9 Å². The molecular weight excluding hydrogens is 324 g/mol. The van der Waals surface area contributed by atoms with Gasteiger partial charge in [-0.3, -0.25) is 4.68 Å². The Labute approximate surface area is 155 Å². The second-order valence-electron chi connectivity index (χ2n) is 7.09. The SMILES string of the molecule is C=C1C=CN(C(C)C(C)Cn2cc(-c3ccc(C)cc3)nn2)C(C)=C1O. The summed E-state index contributed by atoms with van der Waals surface area (Å²) in [6.07, 6.45) is 5.82. The molecule has 1 N–H and O–H groups in total. The summed E-state index contributed by atoms with van der Waals surface area (Å²) < 4.78 is 1.89. The van der Waals surface area contributed by atoms with Crippen LogP contribution in [-0.4, -0.2) is 31.0 Å². The fourth-order valence-corrected chi connectivity index (χ4v) is 3.12. The van der Waals surface area contributed by atoms with E-state index < -0.39 is 0 Å². The predicted octanol–water partition coefficient (Wildman–Crippen LogP) is 4.45. The van der Waals surface area contributed by atoms with E-state index in [1.165, 1.54) is 5.56 Å². The summed E-state index contributed by atoms with van der Waals surface area (Å²) in [7, 11) is 0. The van der Waals surface area contributed by atoms with Gasteiger partial charge >= 0.3 is 0 Å². The molecule has 136 valence electrons. The highest BCUT2D eigenvalue weighted by molar-refractivity contribution is 5.57. The van der Waals surface area contributed by atoms with Crippen LogP contribution in [0.4, 0.5) is 0 Å². The molecule has 3 rings (SSSR count). The van der Waals surface area contributed by atoms with Crippen molar-refractivity contribution in [3.63, 3.8) is 0 Å². The highest BCUT2D eigenvalue weighted by Crippen LogP contribution is 2.27. The highest BCUT2D eigenvalue weighted by atomic mass is 16.3. The number of aromatic nitrogens is 3. The molecule has 1 aliphatic rings. The van der Waals surface area contributed by atoms with Gasteiger partial charge < -0.3 is 10.0 Å². The normalized spacial score (nSPS) is 16.9. The Morgan fingerprint density at radius 3 is 2.54 bits per heavy atom. The zero-order valence-electron chi connectivity index (χ0n) is 15.8. The average molecular weight is 350 g/mol. The highest BCUT2D eigenvalue weighted by Gasteiger charge is 2.24. The minimum Gasteiger partial charge on any atom is -0.506 e. The van der Waals surface area contributed by atoms with E-state index in [1.807, 2.05) is 30.1 Å². The minimum absolute atomic E-state index is 0.202. The molecule has 0 saturated carbocycles. The lowest BCUT2D eigenvalue weighted by atomic mass is 10.00. The quantitative estimate of drug-likeness (QED) is 0.865. The van der Waals surface area contributed by atoms with E-state index in [2.05, 4.69) is 66.8 Å². The van der Waals surface area contributed by atoms with Gasteiger partial charge in [-0.25, -0.2) is 0 Å². The molecule has 0 amide bonds. The maximum Gasteiger partial charge on any atom is 0.141 e. The van der Waals surface area contributed by atoms with Gasteiger partial charge in [0.2, 0.25) is 0 Å². The third-order valence-electron chi connectivity index (χ3n) is 5.09. The Morgan fingerprint density at radius 2 is 1.85 bits per heavy atom. The zero-order chi connectivity index (χ0) is 18.8. The van der Waals surface area contributed by atoms with Crippen molar-refractivity contribution in [3.8, 4) is 11.3 Å². The molecule has 2 heterocycles. The number of allylic oxidation sites excluding steroid dienone is 2. The van der Waals surface area contributed by atoms with Crippen LogP contribution in [0.5, 0.6) is 0 Å². The predicted molar refractivity (Wildman–Crippen MR) is 104 cm³/mol. The van der Waals surface area contributed by atoms with E-state index in [0.717, 1.165) is 23.5 Å². The second kappa shape index (κ2) is 7.20. The van der Waals surface area contributed by atoms with E-state index in [9.17, 15) is 5.11 Å². The van der Waals surface area contributed by atoms with Gasteiger partial charge in [0.05, 0.1) is 11.9 Å². The monoisotopic (exact) mass is 350 g/mol. The van der Waals surface area contributed by atoms with Crippen LogP contribution >= 0.6 is 0 Å². The van der Waals surface area contributed by atoms with Crippen LogP contribution in [0.2, 0.25) is 0 Å². The summed E-state index contributed by atoms with van der Waals surface area (Å²) in [6.45, 7) is 12.9. The fraction of sp³-hybridized carbons (Fsp3) is 0.333. The fourth-order valence-electron chi connectivity index (χ4n) is 3.12. The van der Waals surface area contributed by atoms with Gasteiger partial charge in [-0.1, -0.05) is 48.5 Å². The lowest BCUT2D eigenvalue weighted by Crippen LogP contribution is -2.36. The molecule has 5 nitrogen and oxygen atoms in total. The summed E-state index contributed by atoms with van der Waals surface area (Å²) in [5.41, 5.74) is 4.66. The van der Waals surface area contributed by atoms with Gasteiger partial charge in [0.15, 0.2) is 0 Å². The Balaban J connectivity index is 1.70. The van der Waals surface area contributed by atoms with E-state index in [1.54, 1.807) is 0 Å². The second-order valence-corrected chi connectivity index (χ2v) is 7.09. The smallest absolute Gasteiger partial charge is 0.141 e. The molecule has 5 heteroatoms. The molecule has 1 aliphatic heterocycles. The summed E-state index contributed by atoms with van der Waals surface area (Å²) in [4.78, 5) is 2.09. The zero-order valence-corrected chi connectivity index (χ0v) is 15.8. The molecule has 2 atom stereocenters. The Kier molecular flexibility index (Phi) is 4.98. The topological polar surface area (TPSA) is 54.2 Å². The molecule has 2 aromatic rings. The van der Waals surface area contributed by atoms with Crippen LogP contribution in [-0.2, 0) is 6.54 Å². The van der Waals surface area contributed by atoms with Crippen molar-refractivity contribution in [2.75, 3.05) is 0 Å². The third-order valence-corrected chi connectivity index (χ3v) is 5.09. The first-order valence-corrected chi connectivity index (χ1v) is 8.89. The standard InChI is InChI=1S/C21H26N4O/c1-14-6-8-19(9-7-14)20-13-24(23-22-20)12-16(3)17(4)25-11-10-15(2)21(26)18(25)5/h6-11,13,16-17,26H,2,12H2,1,3-5H3. The van der Waals surface area contributed by atoms with Gasteiger partial charge in [-0.05, 0) is 32.8 Å². The molecule has 0 radical (unpaired) electrons. The van der Waals surface area contributed by atoms with Gasteiger partial charge in [0.1, 0.15) is 11.5 Å². The largest absolute Gasteiger partial charge is 0.506 e. The first-order chi connectivity index (χ1) is 12.4. The molecule has 0 spiro atoms. The van der Waals surface area contributed by atoms with Gasteiger partial charge in [0, 0.05) is 29.9 Å². The Bertz CT molecular complexity index is 860. The van der Waals surface area contributed by atoms with Crippen LogP contribution in [0, 0.1) is 12.8 Å². The molecule has 0 aliphatic carbocycles. The van der Waals surface area contributed by atoms with Crippen LogP contribution in [0.15, 0.2) is 66.3 Å². The van der Waals surface area contributed by atoms with Gasteiger partial charge in [0.25, 0.3) is 0 Å². The number of hydrogen-bond acceptors (Lipinski definition) is 4. The molecular formula is C21H26N4O. The lowest BCUT2D eigenvalue weighted by Gasteiger charge is -2.35. The van der Waals surface area contributed by atoms with E-state index in [-0.39, 0.29) is 11.8 Å². The Hall–Kier alpha value is -2.82. The number of aryl methyl sites for hydroxylation is 1. The van der Waals surface area contributed by atoms with E-state index in [4.69, 9.17) is 0 Å². The maximum absolute atomic E-state index is 10.1. The molecule has 0 bridgehead atoms. The average Bonchev–Trinajstić information content (AvgIpc) is 3.08. The lowest BCUT2D eigenvalue weighted by molar-refractivity contribution is 0.231. The minimum atomic E-state index is 0.202. The van der Waals surface area contributed by atoms with Crippen LogP contribution in [0.25, 0.3) is 11.3 Å². The molecule has 0 saturated heterocycles. The van der Waals surface area contributed by atoms with E-state index in [0.29, 0.717) is 11.5 Å². The molecule has 1 aromatic carbocycles. The number of benzene rings is 1. The summed E-state index contributed by atoms with van der Waals surface area (Å²) in [6, 6.07) is 8.50. The van der Waals surface area contributed by atoms with Crippen molar-refractivity contribution in [2.24, 2.45) is 5.92 Å². The van der Waals surface area contributed by atoms with Crippen LogP contribution in [0.3, 0.4) is 0 Å². The maximum atomic E-state index is 10.1. The number of rotatable bonds is 5. The summed E-state index contributed by atoms with van der Waals surface area (Å²) >= 11 is 0. The molecule has 0 fully saturated rings. The van der Waals surface area contributed by atoms with Crippen molar-refractivity contribution in [1.82, 2.24) is 19.9 Å². The van der Waals surface area contributed by atoms with Gasteiger partial charge in [-0.2, -0.15) is 0 Å². The van der Waals surface area contributed by atoms with Crippen molar-refractivity contribution in [2.45, 2.75) is 40.3 Å². The van der Waals surface area contributed by atoms with Crippen LogP contribution in [0.1, 0.15) is 26.3 Å². The number of hydrogen-bond donors (Lipinski definition) is 1. The molecule has 2 unspecified atom stereocenters. The van der Waals surface area contributed by atoms with Crippen molar-refractivity contribution < 1.29 is 5.11 Å². The molecule has 26 heavy (non-hydrogen) atoms. The first kappa shape index (κ1) is 18.0. The molecule has 1 aromatic heterocycles. The van der Waals surface area contributed by atoms with Crippen LogP contribution < -0.4 is 0 Å². The third kappa shape index (κ3) is 3.57. The Morgan fingerprint density at radius 1 is 1.15 bits per heavy atom. The van der Waals surface area contributed by atoms with Crippen molar-refractivity contribution in [1.29, 1.82) is 0 Å². The number of aliphatic hydroxyl groups is 1. The number of nitrogens with zero attached hydrogens (tertiary/aromatic N) is 4. The summed E-state index contributed by atoms with van der Waals surface area (Å²) in [5.74, 6) is 0.565. The van der Waals surface area contributed by atoms with E-state index >= 15 is 0 Å². The van der Waals surface area contributed by atoms with Crippen molar-refractivity contribution >= 4 is 0 Å². The summed E-state index contributed by atoms with van der Waals surface area (Å²) in [5, 5.41) is 18.7. The number of aliphatic hydroxyl groups excluding tert-OH is 1. The van der Waals surface area contributed by atoms with Gasteiger partial charge in [-0.15, -0.1) is 5.10 Å². The first-order valence-electron chi connectivity index (χ1n) is 8.89.